The van der Waals surface area contributed by atoms with E-state index in [0.29, 0.717) is 5.56 Å². The molecular weight excluding hydrogens is 176 g/mol. The predicted octanol–water partition coefficient (Wildman–Crippen LogP) is 1.55. The van der Waals surface area contributed by atoms with Gasteiger partial charge in [0.05, 0.1) is 6.61 Å². The number of hydrogen-bond acceptors (Lipinski definition) is 2. The van der Waals surface area contributed by atoms with E-state index in [0.717, 1.165) is 12.1 Å². The van der Waals surface area contributed by atoms with Gasteiger partial charge in [-0.3, -0.25) is 0 Å². The van der Waals surface area contributed by atoms with Crippen LogP contribution in [0.25, 0.3) is 6.08 Å². The van der Waals surface area contributed by atoms with Crippen LogP contribution in [0.1, 0.15) is 5.56 Å². The van der Waals surface area contributed by atoms with Crippen LogP contribution in [0.2, 0.25) is 0 Å². The zero-order valence-corrected chi connectivity index (χ0v) is 6.80. The minimum absolute atomic E-state index is 0.173. The molecule has 1 rings (SSSR count). The lowest BCUT2D eigenvalue weighted by atomic mass is 10.2. The van der Waals surface area contributed by atoms with Crippen molar-refractivity contribution in [2.75, 3.05) is 12.3 Å². The van der Waals surface area contributed by atoms with Crippen LogP contribution in [0.4, 0.5) is 14.5 Å². The number of anilines is 1. The Morgan fingerprint density at radius 2 is 1.85 bits per heavy atom. The maximum atomic E-state index is 12.8. The van der Waals surface area contributed by atoms with Gasteiger partial charge in [-0.05, 0) is 17.7 Å². The third-order valence-corrected chi connectivity index (χ3v) is 1.52. The molecule has 1 aromatic carbocycles. The smallest absolute Gasteiger partial charge is 0.149 e. The molecule has 0 aliphatic carbocycles. The van der Waals surface area contributed by atoms with E-state index in [1.165, 1.54) is 12.2 Å². The van der Waals surface area contributed by atoms with Crippen LogP contribution in [0.5, 0.6) is 0 Å². The molecule has 0 fully saturated rings. The van der Waals surface area contributed by atoms with Crippen molar-refractivity contribution in [2.45, 2.75) is 0 Å². The highest BCUT2D eigenvalue weighted by molar-refractivity contribution is 5.54. The second kappa shape index (κ2) is 4.00. The van der Waals surface area contributed by atoms with Crippen LogP contribution in [0.3, 0.4) is 0 Å². The van der Waals surface area contributed by atoms with Crippen LogP contribution in [0.15, 0.2) is 18.2 Å². The first-order valence-electron chi connectivity index (χ1n) is 3.67. The van der Waals surface area contributed by atoms with E-state index in [1.54, 1.807) is 0 Å². The molecule has 3 N–H and O–H groups in total. The average Bonchev–Trinajstić information content (AvgIpc) is 2.10. The first-order chi connectivity index (χ1) is 6.15. The predicted molar refractivity (Wildman–Crippen MR) is 46.9 cm³/mol. The van der Waals surface area contributed by atoms with Crippen molar-refractivity contribution in [3.63, 3.8) is 0 Å². The molecule has 0 bridgehead atoms. The Morgan fingerprint density at radius 1 is 1.31 bits per heavy atom. The van der Waals surface area contributed by atoms with Gasteiger partial charge in [-0.1, -0.05) is 12.2 Å². The molecule has 13 heavy (non-hydrogen) atoms. The summed E-state index contributed by atoms with van der Waals surface area (Å²) in [6.45, 7) is -0.173. The molecule has 2 nitrogen and oxygen atoms in total. The molecule has 0 atom stereocenters. The van der Waals surface area contributed by atoms with Gasteiger partial charge < -0.3 is 10.8 Å². The van der Waals surface area contributed by atoms with E-state index in [9.17, 15) is 8.78 Å². The summed E-state index contributed by atoms with van der Waals surface area (Å²) in [4.78, 5) is 0. The maximum absolute atomic E-state index is 12.8. The lowest BCUT2D eigenvalue weighted by Gasteiger charge is -2.00. The number of benzene rings is 1. The Hall–Kier alpha value is -1.42. The number of halogens is 2. The highest BCUT2D eigenvalue weighted by Crippen LogP contribution is 2.17. The van der Waals surface area contributed by atoms with Crippen molar-refractivity contribution in [1.29, 1.82) is 0 Å². The van der Waals surface area contributed by atoms with Gasteiger partial charge in [0, 0.05) is 0 Å². The number of rotatable bonds is 2. The van der Waals surface area contributed by atoms with E-state index >= 15 is 0 Å². The standard InChI is InChI=1S/C9H9F2NO/c10-7-4-6(2-1-3-13)5-8(11)9(7)12/h1-2,4-5,13H,3,12H2. The number of hydrogen-bond donors (Lipinski definition) is 2. The molecule has 0 saturated heterocycles. The molecule has 4 heteroatoms. The molecule has 0 saturated carbocycles. The van der Waals surface area contributed by atoms with E-state index < -0.39 is 17.3 Å². The van der Waals surface area contributed by atoms with E-state index in [4.69, 9.17) is 10.8 Å². The summed E-state index contributed by atoms with van der Waals surface area (Å²) >= 11 is 0. The zero-order chi connectivity index (χ0) is 9.84. The Balaban J connectivity index is 3.06. The Morgan fingerprint density at radius 3 is 2.31 bits per heavy atom. The van der Waals surface area contributed by atoms with Gasteiger partial charge in [0.2, 0.25) is 0 Å². The fourth-order valence-electron chi connectivity index (χ4n) is 0.889. The van der Waals surface area contributed by atoms with Crippen molar-refractivity contribution in [3.8, 4) is 0 Å². The van der Waals surface area contributed by atoms with Crippen molar-refractivity contribution >= 4 is 11.8 Å². The fraction of sp³-hybridized carbons (Fsp3) is 0.111. The van der Waals surface area contributed by atoms with Gasteiger partial charge in [-0.25, -0.2) is 8.78 Å². The van der Waals surface area contributed by atoms with E-state index in [-0.39, 0.29) is 6.61 Å². The lowest BCUT2D eigenvalue weighted by Crippen LogP contribution is -1.95. The van der Waals surface area contributed by atoms with Crippen molar-refractivity contribution in [1.82, 2.24) is 0 Å². The summed E-state index contributed by atoms with van der Waals surface area (Å²) in [6, 6.07) is 2.20. The number of nitrogens with two attached hydrogens (primary N) is 1. The molecule has 70 valence electrons. The molecule has 0 amide bonds. The molecule has 0 heterocycles. The van der Waals surface area contributed by atoms with Gasteiger partial charge >= 0.3 is 0 Å². The Labute approximate surface area is 74.3 Å². The minimum Gasteiger partial charge on any atom is -0.394 e. The first-order valence-corrected chi connectivity index (χ1v) is 3.67. The topological polar surface area (TPSA) is 46.2 Å². The summed E-state index contributed by atoms with van der Waals surface area (Å²) in [7, 11) is 0. The van der Waals surface area contributed by atoms with E-state index in [1.807, 2.05) is 0 Å². The molecule has 1 aromatic rings. The largest absolute Gasteiger partial charge is 0.394 e. The summed E-state index contributed by atoms with van der Waals surface area (Å²) in [6.07, 6.45) is 2.79. The second-order valence-electron chi connectivity index (χ2n) is 2.48. The van der Waals surface area contributed by atoms with E-state index in [2.05, 4.69) is 0 Å². The third kappa shape index (κ3) is 2.26. The second-order valence-corrected chi connectivity index (χ2v) is 2.48. The molecule has 0 unspecified atom stereocenters. The molecule has 0 aromatic heterocycles. The number of aliphatic hydroxyl groups is 1. The van der Waals surface area contributed by atoms with Crippen molar-refractivity contribution in [3.05, 3.63) is 35.4 Å². The molecule has 0 aliphatic rings. The third-order valence-electron chi connectivity index (χ3n) is 1.52. The van der Waals surface area contributed by atoms with Crippen LogP contribution in [-0.4, -0.2) is 11.7 Å². The highest BCUT2D eigenvalue weighted by atomic mass is 19.1. The van der Waals surface area contributed by atoms with Crippen LogP contribution < -0.4 is 5.73 Å². The van der Waals surface area contributed by atoms with Gasteiger partial charge in [-0.15, -0.1) is 0 Å². The van der Waals surface area contributed by atoms with Gasteiger partial charge in [0.15, 0.2) is 0 Å². The monoisotopic (exact) mass is 185 g/mol. The lowest BCUT2D eigenvalue weighted by molar-refractivity contribution is 0.343. The van der Waals surface area contributed by atoms with Crippen molar-refractivity contribution in [2.24, 2.45) is 0 Å². The van der Waals surface area contributed by atoms with Crippen LogP contribution >= 0.6 is 0 Å². The fourth-order valence-corrected chi connectivity index (χ4v) is 0.889. The van der Waals surface area contributed by atoms with Gasteiger partial charge in [-0.2, -0.15) is 0 Å². The Bertz CT molecular complexity index is 313. The quantitative estimate of drug-likeness (QED) is 0.686. The van der Waals surface area contributed by atoms with Crippen LogP contribution in [0, 0.1) is 11.6 Å². The summed E-state index contributed by atoms with van der Waals surface area (Å²) < 4.78 is 25.6. The number of nitrogen functional groups attached to an aromatic ring is 1. The van der Waals surface area contributed by atoms with Crippen LogP contribution in [-0.2, 0) is 0 Å². The van der Waals surface area contributed by atoms with Crippen molar-refractivity contribution < 1.29 is 13.9 Å². The normalized spacial score (nSPS) is 11.0. The minimum atomic E-state index is -0.794. The summed E-state index contributed by atoms with van der Waals surface area (Å²) in [5.41, 5.74) is 4.90. The zero-order valence-electron chi connectivity index (χ0n) is 6.80. The number of aliphatic hydroxyl groups excluding tert-OH is 1. The Kier molecular flexibility index (Phi) is 2.97. The maximum Gasteiger partial charge on any atom is 0.149 e. The van der Waals surface area contributed by atoms with Gasteiger partial charge in [0.25, 0.3) is 0 Å². The summed E-state index contributed by atoms with van der Waals surface area (Å²) in [5, 5.41) is 8.42. The SMILES string of the molecule is Nc1c(F)cc(C=CCO)cc1F. The van der Waals surface area contributed by atoms with Gasteiger partial charge in [0.1, 0.15) is 17.3 Å². The molecule has 0 aliphatic heterocycles. The average molecular weight is 185 g/mol. The first kappa shape index (κ1) is 9.67. The highest BCUT2D eigenvalue weighted by Gasteiger charge is 2.05. The molecule has 0 spiro atoms. The molecular formula is C9H9F2NO. The molecule has 0 radical (unpaired) electrons. The summed E-state index contributed by atoms with van der Waals surface area (Å²) in [5.74, 6) is -1.59.